The van der Waals surface area contributed by atoms with Gasteiger partial charge in [-0.15, -0.1) is 5.10 Å². The number of aromatic nitrogens is 3. The summed E-state index contributed by atoms with van der Waals surface area (Å²) in [6.45, 7) is 2.39. The van der Waals surface area contributed by atoms with Crippen LogP contribution < -0.4 is 4.74 Å². The Bertz CT molecular complexity index is 961. The molecule has 1 aliphatic carbocycles. The van der Waals surface area contributed by atoms with Gasteiger partial charge >= 0.3 is 5.97 Å². The van der Waals surface area contributed by atoms with Crippen LogP contribution in [0.4, 0.5) is 0 Å². The van der Waals surface area contributed by atoms with Gasteiger partial charge in [0.2, 0.25) is 5.88 Å². The molecule has 2 heterocycles. The molecular weight excluding hydrogens is 390 g/mol. The molecule has 1 fully saturated rings. The second kappa shape index (κ2) is 10.2. The van der Waals surface area contributed by atoms with E-state index in [2.05, 4.69) is 39.4 Å². The molecule has 1 aliphatic rings. The minimum atomic E-state index is -0.0572. The van der Waals surface area contributed by atoms with Gasteiger partial charge < -0.3 is 9.47 Å². The van der Waals surface area contributed by atoms with E-state index >= 15 is 0 Å². The molecule has 6 nitrogen and oxygen atoms in total. The summed E-state index contributed by atoms with van der Waals surface area (Å²) in [7, 11) is 0. The number of hydrogen-bond donors (Lipinski definition) is 1. The summed E-state index contributed by atoms with van der Waals surface area (Å²) in [6, 6.07) is 16.3. The van der Waals surface area contributed by atoms with Crippen molar-refractivity contribution in [1.29, 1.82) is 0 Å². The Morgan fingerprint density at radius 3 is 2.61 bits per heavy atom. The molecule has 1 aromatic carbocycles. The number of carbonyl (C=O) groups excluding carboxylic acids is 1. The van der Waals surface area contributed by atoms with Gasteiger partial charge in [0.1, 0.15) is 12.7 Å². The number of carbonyl (C=O) groups is 1. The third-order valence-electron chi connectivity index (χ3n) is 5.77. The zero-order valence-corrected chi connectivity index (χ0v) is 17.9. The summed E-state index contributed by atoms with van der Waals surface area (Å²) in [4.78, 5) is 16.0. The van der Waals surface area contributed by atoms with Gasteiger partial charge in [-0.1, -0.05) is 37.3 Å². The molecule has 0 bridgehead atoms. The monoisotopic (exact) mass is 419 g/mol. The fourth-order valence-electron chi connectivity index (χ4n) is 4.05. The van der Waals surface area contributed by atoms with E-state index in [4.69, 9.17) is 9.47 Å². The van der Waals surface area contributed by atoms with Crippen molar-refractivity contribution in [3.63, 3.8) is 0 Å². The highest BCUT2D eigenvalue weighted by Gasteiger charge is 2.24. The Balaban J connectivity index is 1.30. The smallest absolute Gasteiger partial charge is 0.306 e. The summed E-state index contributed by atoms with van der Waals surface area (Å²) in [6.07, 6.45) is 7.20. The number of nitrogens with one attached hydrogen (secondary N) is 1. The van der Waals surface area contributed by atoms with Crippen molar-refractivity contribution in [2.75, 3.05) is 0 Å². The van der Waals surface area contributed by atoms with Gasteiger partial charge in [0.05, 0.1) is 11.4 Å². The lowest BCUT2D eigenvalue weighted by Gasteiger charge is -2.28. The number of rotatable bonds is 8. The Kier molecular flexibility index (Phi) is 6.97. The fraction of sp³-hybridized carbons (Fsp3) is 0.400. The van der Waals surface area contributed by atoms with E-state index in [0.29, 0.717) is 24.8 Å². The van der Waals surface area contributed by atoms with Crippen LogP contribution in [0.15, 0.2) is 54.7 Å². The van der Waals surface area contributed by atoms with Crippen LogP contribution in [0, 0.1) is 0 Å². The molecular formula is C25H29N3O3. The van der Waals surface area contributed by atoms with Gasteiger partial charge in [0, 0.05) is 18.7 Å². The molecule has 162 valence electrons. The number of aromatic amines is 1. The van der Waals surface area contributed by atoms with Crippen LogP contribution in [-0.2, 0) is 16.1 Å². The van der Waals surface area contributed by atoms with E-state index in [1.807, 2.05) is 31.2 Å². The van der Waals surface area contributed by atoms with Crippen molar-refractivity contribution in [3.05, 3.63) is 66.0 Å². The summed E-state index contributed by atoms with van der Waals surface area (Å²) < 4.78 is 11.3. The third-order valence-corrected chi connectivity index (χ3v) is 5.77. The zero-order chi connectivity index (χ0) is 21.5. The summed E-state index contributed by atoms with van der Waals surface area (Å²) in [5.74, 6) is 1.02. The molecule has 0 atom stereocenters. The minimum Gasteiger partial charge on any atom is -0.470 e. The molecule has 1 N–H and O–H groups in total. The lowest BCUT2D eigenvalue weighted by molar-refractivity contribution is -0.150. The number of hydrogen-bond acceptors (Lipinski definition) is 5. The maximum atomic E-state index is 11.7. The van der Waals surface area contributed by atoms with Gasteiger partial charge in [0.15, 0.2) is 0 Å². The highest BCUT2D eigenvalue weighted by molar-refractivity contribution is 5.69. The van der Waals surface area contributed by atoms with Crippen molar-refractivity contribution in [2.24, 2.45) is 0 Å². The lowest BCUT2D eigenvalue weighted by atomic mass is 9.82. The quantitative estimate of drug-likeness (QED) is 0.493. The molecule has 1 saturated carbocycles. The van der Waals surface area contributed by atoms with Gasteiger partial charge in [-0.25, -0.2) is 0 Å². The van der Waals surface area contributed by atoms with Gasteiger partial charge in [-0.05, 0) is 61.3 Å². The Hall–Kier alpha value is -3.15. The van der Waals surface area contributed by atoms with Crippen LogP contribution in [0.25, 0.3) is 11.3 Å². The van der Waals surface area contributed by atoms with Gasteiger partial charge in [-0.2, -0.15) is 0 Å². The van der Waals surface area contributed by atoms with Gasteiger partial charge in [-0.3, -0.25) is 14.9 Å². The molecule has 0 amide bonds. The molecule has 2 aromatic heterocycles. The van der Waals surface area contributed by atoms with E-state index in [-0.39, 0.29) is 12.1 Å². The average molecular weight is 420 g/mol. The molecule has 6 heteroatoms. The summed E-state index contributed by atoms with van der Waals surface area (Å²) in [5, 5.41) is 7.30. The van der Waals surface area contributed by atoms with Crippen molar-refractivity contribution in [1.82, 2.24) is 15.2 Å². The predicted octanol–water partition coefficient (Wildman–Crippen LogP) is 5.42. The number of nitrogens with zero attached hydrogens (tertiary/aromatic N) is 2. The second-order valence-corrected chi connectivity index (χ2v) is 8.07. The Morgan fingerprint density at radius 1 is 1.10 bits per heavy atom. The van der Waals surface area contributed by atoms with Crippen molar-refractivity contribution in [2.45, 2.75) is 64.1 Å². The average Bonchev–Trinajstić information content (AvgIpc) is 3.28. The minimum absolute atomic E-state index is 0.0572. The van der Waals surface area contributed by atoms with Crippen LogP contribution in [-0.4, -0.2) is 27.3 Å². The third kappa shape index (κ3) is 5.72. The van der Waals surface area contributed by atoms with Crippen molar-refractivity contribution >= 4 is 5.97 Å². The Morgan fingerprint density at radius 2 is 1.90 bits per heavy atom. The molecule has 4 rings (SSSR count). The predicted molar refractivity (Wildman–Crippen MR) is 119 cm³/mol. The van der Waals surface area contributed by atoms with Crippen LogP contribution in [0.5, 0.6) is 5.88 Å². The number of pyridine rings is 1. The van der Waals surface area contributed by atoms with Crippen LogP contribution in [0.2, 0.25) is 0 Å². The number of benzene rings is 1. The first kappa shape index (κ1) is 21.1. The van der Waals surface area contributed by atoms with E-state index in [1.54, 1.807) is 6.20 Å². The number of H-pyrrole nitrogens is 1. The molecule has 0 radical (unpaired) electrons. The van der Waals surface area contributed by atoms with Crippen molar-refractivity contribution in [3.8, 4) is 17.1 Å². The fourth-order valence-corrected chi connectivity index (χ4v) is 4.05. The molecule has 3 aromatic rings. The maximum Gasteiger partial charge on any atom is 0.306 e. The van der Waals surface area contributed by atoms with E-state index in [1.165, 1.54) is 5.56 Å². The second-order valence-electron chi connectivity index (χ2n) is 8.07. The van der Waals surface area contributed by atoms with Crippen LogP contribution in [0.1, 0.15) is 62.6 Å². The first-order chi connectivity index (χ1) is 15.2. The first-order valence-electron chi connectivity index (χ1n) is 11.1. The summed E-state index contributed by atoms with van der Waals surface area (Å²) in [5.41, 5.74) is 4.21. The Labute approximate surface area is 183 Å². The zero-order valence-electron chi connectivity index (χ0n) is 17.9. The normalized spacial score (nSPS) is 18.5. The number of esters is 1. The van der Waals surface area contributed by atoms with Crippen LogP contribution in [0.3, 0.4) is 0 Å². The highest BCUT2D eigenvalue weighted by atomic mass is 16.5. The SMILES string of the molecule is CCCC(=O)OC1CCC(c2ccc(-c3cc(OCc4ccccn4)n[nH]3)cc2)CC1. The van der Waals surface area contributed by atoms with Gasteiger partial charge in [0.25, 0.3) is 0 Å². The lowest BCUT2D eigenvalue weighted by Crippen LogP contribution is -2.23. The maximum absolute atomic E-state index is 11.7. The molecule has 0 aliphatic heterocycles. The number of ether oxygens (including phenoxy) is 2. The highest BCUT2D eigenvalue weighted by Crippen LogP contribution is 2.35. The largest absolute Gasteiger partial charge is 0.470 e. The molecule has 31 heavy (non-hydrogen) atoms. The molecule has 0 unspecified atom stereocenters. The van der Waals surface area contributed by atoms with Crippen molar-refractivity contribution < 1.29 is 14.3 Å². The first-order valence-corrected chi connectivity index (χ1v) is 11.1. The standard InChI is InChI=1S/C25H29N3O3/c1-2-5-25(29)31-22-13-11-19(12-14-22)18-7-9-20(10-8-18)23-16-24(28-27-23)30-17-21-6-3-4-15-26-21/h3-4,6-10,15-16,19,22H,2,5,11-14,17H2,1H3,(H,27,28). The van der Waals surface area contributed by atoms with E-state index in [0.717, 1.165) is 49.1 Å². The van der Waals surface area contributed by atoms with E-state index < -0.39 is 0 Å². The van der Waals surface area contributed by atoms with Crippen LogP contribution >= 0.6 is 0 Å². The topological polar surface area (TPSA) is 77.1 Å². The molecule has 0 spiro atoms. The van der Waals surface area contributed by atoms with E-state index in [9.17, 15) is 4.79 Å². The summed E-state index contributed by atoms with van der Waals surface area (Å²) >= 11 is 0. The molecule has 0 saturated heterocycles.